The Morgan fingerprint density at radius 3 is 2.78 bits per heavy atom. The number of anilines is 2. The first-order valence-corrected chi connectivity index (χ1v) is 7.55. The van der Waals surface area contributed by atoms with Gasteiger partial charge in [-0.3, -0.25) is 0 Å². The maximum atomic E-state index is 5.89. The molecular weight excluding hydrogens is 246 g/mol. The van der Waals surface area contributed by atoms with Gasteiger partial charge in [0.1, 0.15) is 0 Å². The molecule has 18 heavy (non-hydrogen) atoms. The Labute approximate surface area is 113 Å². The van der Waals surface area contributed by atoms with E-state index in [1.54, 1.807) is 0 Å². The van der Waals surface area contributed by atoms with Crippen LogP contribution in [-0.4, -0.2) is 23.6 Å². The SMILES string of the molecule is CCOc1c(N)nsc1N(CCC(C)C)C1CC1. The van der Waals surface area contributed by atoms with E-state index in [2.05, 4.69) is 23.1 Å². The Bertz CT molecular complexity index is 388. The minimum Gasteiger partial charge on any atom is -0.487 e. The van der Waals surface area contributed by atoms with Crippen molar-refractivity contribution in [1.29, 1.82) is 0 Å². The van der Waals surface area contributed by atoms with Gasteiger partial charge in [0.25, 0.3) is 0 Å². The molecule has 0 saturated heterocycles. The van der Waals surface area contributed by atoms with Crippen LogP contribution >= 0.6 is 11.5 Å². The third-order valence-corrected chi connectivity index (χ3v) is 4.02. The van der Waals surface area contributed by atoms with Crippen molar-refractivity contribution < 1.29 is 4.74 Å². The fraction of sp³-hybridized carbons (Fsp3) is 0.769. The number of rotatable bonds is 7. The smallest absolute Gasteiger partial charge is 0.197 e. The van der Waals surface area contributed by atoms with Crippen LogP contribution in [0, 0.1) is 5.92 Å². The second-order valence-electron chi connectivity index (χ2n) is 5.24. The highest BCUT2D eigenvalue weighted by atomic mass is 32.1. The van der Waals surface area contributed by atoms with Gasteiger partial charge in [-0.05, 0) is 43.6 Å². The second kappa shape index (κ2) is 5.78. The van der Waals surface area contributed by atoms with E-state index in [9.17, 15) is 0 Å². The van der Waals surface area contributed by atoms with Gasteiger partial charge in [-0.25, -0.2) is 0 Å². The van der Waals surface area contributed by atoms with Gasteiger partial charge in [0, 0.05) is 12.6 Å². The fourth-order valence-corrected chi connectivity index (χ4v) is 2.84. The molecule has 0 aliphatic heterocycles. The lowest BCUT2D eigenvalue weighted by molar-refractivity contribution is 0.342. The Hall–Kier alpha value is -0.970. The Balaban J connectivity index is 2.14. The molecule has 2 rings (SSSR count). The summed E-state index contributed by atoms with van der Waals surface area (Å²) in [5, 5.41) is 1.12. The summed E-state index contributed by atoms with van der Waals surface area (Å²) in [6.45, 7) is 8.21. The van der Waals surface area contributed by atoms with Crippen LogP contribution in [0.4, 0.5) is 10.8 Å². The molecule has 4 nitrogen and oxygen atoms in total. The maximum Gasteiger partial charge on any atom is 0.197 e. The van der Waals surface area contributed by atoms with Crippen LogP contribution in [0.2, 0.25) is 0 Å². The van der Waals surface area contributed by atoms with Crippen molar-refractivity contribution in [3.05, 3.63) is 0 Å². The van der Waals surface area contributed by atoms with Gasteiger partial charge in [-0.2, -0.15) is 4.37 Å². The Kier molecular flexibility index (Phi) is 4.32. The first kappa shape index (κ1) is 13.5. The summed E-state index contributed by atoms with van der Waals surface area (Å²) in [6.07, 6.45) is 3.75. The maximum absolute atomic E-state index is 5.89. The summed E-state index contributed by atoms with van der Waals surface area (Å²) < 4.78 is 9.90. The van der Waals surface area contributed by atoms with Crippen molar-refractivity contribution in [3.63, 3.8) is 0 Å². The molecule has 0 spiro atoms. The van der Waals surface area contributed by atoms with E-state index in [0.717, 1.165) is 17.3 Å². The summed E-state index contributed by atoms with van der Waals surface area (Å²) >= 11 is 1.47. The second-order valence-corrected chi connectivity index (χ2v) is 5.99. The first-order valence-electron chi connectivity index (χ1n) is 6.78. The number of aromatic nitrogens is 1. The average molecular weight is 269 g/mol. The van der Waals surface area contributed by atoms with Crippen molar-refractivity contribution in [2.24, 2.45) is 5.92 Å². The predicted octanol–water partition coefficient (Wildman–Crippen LogP) is 3.14. The van der Waals surface area contributed by atoms with E-state index in [1.165, 1.54) is 30.8 Å². The van der Waals surface area contributed by atoms with Gasteiger partial charge in [0.05, 0.1) is 6.61 Å². The molecule has 1 aromatic heterocycles. The van der Waals surface area contributed by atoms with E-state index in [1.807, 2.05) is 6.92 Å². The number of nitrogens with zero attached hydrogens (tertiary/aromatic N) is 2. The molecule has 0 aromatic carbocycles. The third kappa shape index (κ3) is 3.07. The van der Waals surface area contributed by atoms with Crippen molar-refractivity contribution >= 4 is 22.4 Å². The average Bonchev–Trinajstić information content (AvgIpc) is 3.09. The predicted molar refractivity (Wildman–Crippen MR) is 77.5 cm³/mol. The Morgan fingerprint density at radius 2 is 2.22 bits per heavy atom. The molecule has 1 aromatic rings. The molecule has 0 bridgehead atoms. The minimum absolute atomic E-state index is 0.534. The molecule has 1 aliphatic carbocycles. The van der Waals surface area contributed by atoms with Gasteiger partial charge < -0.3 is 15.4 Å². The molecule has 0 atom stereocenters. The van der Waals surface area contributed by atoms with Crippen LogP contribution in [0.25, 0.3) is 0 Å². The summed E-state index contributed by atoms with van der Waals surface area (Å²) in [5.41, 5.74) is 5.89. The molecule has 1 heterocycles. The monoisotopic (exact) mass is 269 g/mol. The van der Waals surface area contributed by atoms with Crippen LogP contribution in [0.15, 0.2) is 0 Å². The van der Waals surface area contributed by atoms with Crippen molar-refractivity contribution in [1.82, 2.24) is 4.37 Å². The molecule has 5 heteroatoms. The minimum atomic E-state index is 0.534. The van der Waals surface area contributed by atoms with E-state index in [0.29, 0.717) is 24.4 Å². The molecule has 102 valence electrons. The van der Waals surface area contributed by atoms with Gasteiger partial charge in [-0.1, -0.05) is 13.8 Å². The molecule has 1 aliphatic rings. The van der Waals surface area contributed by atoms with Crippen LogP contribution in [0.1, 0.15) is 40.0 Å². The lowest BCUT2D eigenvalue weighted by Crippen LogP contribution is -2.27. The van der Waals surface area contributed by atoms with E-state index >= 15 is 0 Å². The van der Waals surface area contributed by atoms with E-state index < -0.39 is 0 Å². The van der Waals surface area contributed by atoms with Crippen molar-refractivity contribution in [3.8, 4) is 5.75 Å². The molecule has 0 radical (unpaired) electrons. The zero-order valence-electron chi connectivity index (χ0n) is 11.5. The van der Waals surface area contributed by atoms with Crippen LogP contribution < -0.4 is 15.4 Å². The topological polar surface area (TPSA) is 51.4 Å². The summed E-state index contributed by atoms with van der Waals surface area (Å²) in [4.78, 5) is 2.44. The summed E-state index contributed by atoms with van der Waals surface area (Å²) in [6, 6.07) is 0.669. The van der Waals surface area contributed by atoms with E-state index in [4.69, 9.17) is 10.5 Å². The zero-order chi connectivity index (χ0) is 13.1. The van der Waals surface area contributed by atoms with E-state index in [-0.39, 0.29) is 0 Å². The van der Waals surface area contributed by atoms with Crippen LogP contribution in [-0.2, 0) is 0 Å². The number of nitrogen functional groups attached to an aromatic ring is 1. The Morgan fingerprint density at radius 1 is 1.50 bits per heavy atom. The number of hydrogen-bond acceptors (Lipinski definition) is 5. The highest BCUT2D eigenvalue weighted by Gasteiger charge is 2.32. The number of hydrogen-bond donors (Lipinski definition) is 1. The normalized spacial score (nSPS) is 15.1. The lowest BCUT2D eigenvalue weighted by Gasteiger charge is -2.24. The molecule has 1 saturated carbocycles. The molecule has 2 N–H and O–H groups in total. The summed E-state index contributed by atoms with van der Waals surface area (Å²) in [7, 11) is 0. The molecule has 1 fully saturated rings. The van der Waals surface area contributed by atoms with Crippen LogP contribution in [0.5, 0.6) is 5.75 Å². The first-order chi connectivity index (χ1) is 8.63. The van der Waals surface area contributed by atoms with Gasteiger partial charge >= 0.3 is 0 Å². The number of nitrogens with two attached hydrogens (primary N) is 1. The highest BCUT2D eigenvalue weighted by molar-refractivity contribution is 7.11. The van der Waals surface area contributed by atoms with Gasteiger partial charge in [-0.15, -0.1) is 0 Å². The van der Waals surface area contributed by atoms with Gasteiger partial charge in [0.15, 0.2) is 16.6 Å². The number of ether oxygens (including phenoxy) is 1. The highest BCUT2D eigenvalue weighted by Crippen LogP contribution is 2.43. The standard InChI is InChI=1S/C13H23N3OS/c1-4-17-11-12(14)15-18-13(11)16(10-5-6-10)8-7-9(2)3/h9-10H,4-8H2,1-3H3,(H2,14,15). The molecular formula is C13H23N3OS. The largest absolute Gasteiger partial charge is 0.487 e. The quantitative estimate of drug-likeness (QED) is 0.826. The zero-order valence-corrected chi connectivity index (χ0v) is 12.3. The molecule has 0 amide bonds. The third-order valence-electron chi connectivity index (χ3n) is 3.14. The fourth-order valence-electron chi connectivity index (χ4n) is 1.98. The summed E-state index contributed by atoms with van der Waals surface area (Å²) in [5.74, 6) is 2.04. The van der Waals surface area contributed by atoms with Crippen molar-refractivity contribution in [2.75, 3.05) is 23.8 Å². The van der Waals surface area contributed by atoms with Crippen molar-refractivity contribution in [2.45, 2.75) is 46.1 Å². The van der Waals surface area contributed by atoms with Crippen LogP contribution in [0.3, 0.4) is 0 Å². The molecule has 0 unspecified atom stereocenters. The lowest BCUT2D eigenvalue weighted by atomic mass is 10.1. The van der Waals surface area contributed by atoms with Gasteiger partial charge in [0.2, 0.25) is 0 Å².